The summed E-state index contributed by atoms with van der Waals surface area (Å²) in [4.78, 5) is 11.8. The molecule has 3 rings (SSSR count). The summed E-state index contributed by atoms with van der Waals surface area (Å²) in [5, 5.41) is 9.49. The third-order valence-corrected chi connectivity index (χ3v) is 3.16. The predicted molar refractivity (Wildman–Crippen MR) is 86.7 cm³/mol. The number of amides is 1. The minimum atomic E-state index is -0.594. The monoisotopic (exact) mass is 309 g/mol. The van der Waals surface area contributed by atoms with Gasteiger partial charge in [0.05, 0.1) is 12.8 Å². The summed E-state index contributed by atoms with van der Waals surface area (Å²) in [5.74, 6) is 1.63. The number of aromatic amines is 1. The Morgan fingerprint density at radius 1 is 1.04 bits per heavy atom. The molecule has 1 heterocycles. The third kappa shape index (κ3) is 3.68. The number of benzene rings is 2. The Morgan fingerprint density at radius 2 is 1.78 bits per heavy atom. The summed E-state index contributed by atoms with van der Waals surface area (Å²) in [6, 6.07) is 18.1. The maximum atomic E-state index is 11.8. The number of anilines is 1. The second kappa shape index (κ2) is 6.65. The second-order valence-electron chi connectivity index (χ2n) is 4.72. The first-order chi connectivity index (χ1) is 11.2. The Bertz CT molecular complexity index is 782. The summed E-state index contributed by atoms with van der Waals surface area (Å²) < 4.78 is 10.3. The number of H-pyrrole nitrogens is 1. The van der Waals surface area contributed by atoms with Crippen LogP contribution in [0.2, 0.25) is 0 Å². The van der Waals surface area contributed by atoms with Gasteiger partial charge < -0.3 is 9.47 Å². The number of ether oxygens (including phenoxy) is 2. The molecule has 3 aromatic rings. The Labute approximate surface area is 133 Å². The fourth-order valence-electron chi connectivity index (χ4n) is 2.03. The largest absolute Gasteiger partial charge is 0.497 e. The number of carbonyl (C=O) groups excluding carboxylic acids is 1. The fraction of sp³-hybridized carbons (Fsp3) is 0.0588. The molecule has 0 fully saturated rings. The molecule has 6 heteroatoms. The van der Waals surface area contributed by atoms with Crippen LogP contribution < -0.4 is 14.8 Å². The zero-order chi connectivity index (χ0) is 16.1. The van der Waals surface area contributed by atoms with Crippen LogP contribution in [0.15, 0.2) is 60.7 Å². The van der Waals surface area contributed by atoms with Crippen molar-refractivity contribution in [3.05, 3.63) is 60.7 Å². The molecule has 0 radical (unpaired) electrons. The molecule has 116 valence electrons. The number of aromatic nitrogens is 2. The van der Waals surface area contributed by atoms with Crippen LogP contribution in [0.1, 0.15) is 0 Å². The minimum Gasteiger partial charge on any atom is -0.497 e. The molecule has 2 aromatic carbocycles. The Morgan fingerprint density at radius 3 is 2.48 bits per heavy atom. The molecule has 0 saturated carbocycles. The van der Waals surface area contributed by atoms with Gasteiger partial charge in [-0.3, -0.25) is 10.4 Å². The van der Waals surface area contributed by atoms with E-state index in [4.69, 9.17) is 9.47 Å². The molecule has 0 aliphatic rings. The first-order valence-electron chi connectivity index (χ1n) is 6.98. The number of nitrogens with one attached hydrogen (secondary N) is 2. The van der Waals surface area contributed by atoms with Gasteiger partial charge in [0.1, 0.15) is 11.5 Å². The molecule has 0 bridgehead atoms. The highest BCUT2D eigenvalue weighted by molar-refractivity contribution is 5.85. The molecule has 2 N–H and O–H groups in total. The average molecular weight is 309 g/mol. The summed E-state index contributed by atoms with van der Waals surface area (Å²) in [6.45, 7) is 0. The van der Waals surface area contributed by atoms with Crippen LogP contribution in [0.3, 0.4) is 0 Å². The normalized spacial score (nSPS) is 10.1. The topological polar surface area (TPSA) is 76.2 Å². The molecule has 0 spiro atoms. The van der Waals surface area contributed by atoms with E-state index in [1.807, 2.05) is 30.3 Å². The van der Waals surface area contributed by atoms with E-state index in [0.717, 1.165) is 17.0 Å². The van der Waals surface area contributed by atoms with E-state index in [0.29, 0.717) is 11.6 Å². The lowest BCUT2D eigenvalue weighted by atomic mass is 10.1. The highest BCUT2D eigenvalue weighted by atomic mass is 16.6. The van der Waals surface area contributed by atoms with Gasteiger partial charge in [0, 0.05) is 6.07 Å². The number of hydrogen-bond acceptors (Lipinski definition) is 4. The van der Waals surface area contributed by atoms with Crippen molar-refractivity contribution in [2.75, 3.05) is 12.4 Å². The van der Waals surface area contributed by atoms with Crippen molar-refractivity contribution in [3.63, 3.8) is 0 Å². The van der Waals surface area contributed by atoms with E-state index < -0.39 is 6.09 Å². The lowest BCUT2D eigenvalue weighted by molar-refractivity contribution is 0.215. The number of nitrogens with zero attached hydrogens (tertiary/aromatic N) is 1. The standard InChI is InChI=1S/C17H15N3O3/c1-22-13-9-7-12(8-10-13)15-11-16(20-19-15)18-17(21)23-14-5-3-2-4-6-14/h2-11H,1H3,(H2,18,19,20,21). The van der Waals surface area contributed by atoms with E-state index in [1.54, 1.807) is 37.4 Å². The molecule has 0 saturated heterocycles. The van der Waals surface area contributed by atoms with Crippen LogP contribution in [0, 0.1) is 0 Å². The van der Waals surface area contributed by atoms with Crippen LogP contribution >= 0.6 is 0 Å². The Kier molecular flexibility index (Phi) is 4.24. The zero-order valence-electron chi connectivity index (χ0n) is 12.4. The molecule has 0 atom stereocenters. The van der Waals surface area contributed by atoms with Crippen LogP contribution in [0.4, 0.5) is 10.6 Å². The molecule has 0 unspecified atom stereocenters. The number of hydrogen-bond donors (Lipinski definition) is 2. The quantitative estimate of drug-likeness (QED) is 0.770. The molecule has 0 aliphatic carbocycles. The Balaban J connectivity index is 1.65. The maximum Gasteiger partial charge on any atom is 0.418 e. The molecule has 0 aliphatic heterocycles. The predicted octanol–water partition coefficient (Wildman–Crippen LogP) is 3.70. The van der Waals surface area contributed by atoms with Crippen molar-refractivity contribution >= 4 is 11.9 Å². The van der Waals surface area contributed by atoms with E-state index in [9.17, 15) is 4.79 Å². The van der Waals surface area contributed by atoms with E-state index in [2.05, 4.69) is 15.5 Å². The van der Waals surface area contributed by atoms with Gasteiger partial charge in [0.15, 0.2) is 5.82 Å². The van der Waals surface area contributed by atoms with E-state index >= 15 is 0 Å². The number of carbonyl (C=O) groups is 1. The fourth-order valence-corrected chi connectivity index (χ4v) is 2.03. The average Bonchev–Trinajstić information content (AvgIpc) is 3.04. The maximum absolute atomic E-state index is 11.8. The van der Waals surface area contributed by atoms with Crippen LogP contribution in [-0.2, 0) is 0 Å². The second-order valence-corrected chi connectivity index (χ2v) is 4.72. The van der Waals surface area contributed by atoms with Gasteiger partial charge >= 0.3 is 6.09 Å². The molecule has 1 aromatic heterocycles. The van der Waals surface area contributed by atoms with Gasteiger partial charge in [-0.05, 0) is 42.0 Å². The smallest absolute Gasteiger partial charge is 0.418 e. The Hall–Kier alpha value is -3.28. The van der Waals surface area contributed by atoms with Crippen molar-refractivity contribution in [1.82, 2.24) is 10.2 Å². The van der Waals surface area contributed by atoms with Gasteiger partial charge in [-0.2, -0.15) is 5.10 Å². The summed E-state index contributed by atoms with van der Waals surface area (Å²) in [6.07, 6.45) is -0.594. The van der Waals surface area contributed by atoms with Crippen LogP contribution in [0.5, 0.6) is 11.5 Å². The highest BCUT2D eigenvalue weighted by Gasteiger charge is 2.09. The first-order valence-corrected chi connectivity index (χ1v) is 6.98. The van der Waals surface area contributed by atoms with Gasteiger partial charge in [-0.25, -0.2) is 4.79 Å². The van der Waals surface area contributed by atoms with Gasteiger partial charge in [-0.1, -0.05) is 18.2 Å². The zero-order valence-corrected chi connectivity index (χ0v) is 12.4. The summed E-state index contributed by atoms with van der Waals surface area (Å²) >= 11 is 0. The summed E-state index contributed by atoms with van der Waals surface area (Å²) in [5.41, 5.74) is 1.71. The van der Waals surface area contributed by atoms with E-state index in [1.165, 1.54) is 0 Å². The van der Waals surface area contributed by atoms with Gasteiger partial charge in [0.25, 0.3) is 0 Å². The molecule has 1 amide bonds. The third-order valence-electron chi connectivity index (χ3n) is 3.16. The molecule has 6 nitrogen and oxygen atoms in total. The number of methoxy groups -OCH3 is 1. The van der Waals surface area contributed by atoms with Crippen molar-refractivity contribution in [1.29, 1.82) is 0 Å². The number of rotatable bonds is 4. The SMILES string of the molecule is COc1ccc(-c2cc(NC(=O)Oc3ccccc3)n[nH]2)cc1. The molecule has 23 heavy (non-hydrogen) atoms. The van der Waals surface area contributed by atoms with Crippen molar-refractivity contribution in [2.24, 2.45) is 0 Å². The number of para-hydroxylation sites is 1. The van der Waals surface area contributed by atoms with Crippen molar-refractivity contribution in [3.8, 4) is 22.8 Å². The first kappa shape index (κ1) is 14.6. The highest BCUT2D eigenvalue weighted by Crippen LogP contribution is 2.22. The van der Waals surface area contributed by atoms with E-state index in [-0.39, 0.29) is 0 Å². The molecular weight excluding hydrogens is 294 g/mol. The summed E-state index contributed by atoms with van der Waals surface area (Å²) in [7, 11) is 1.62. The van der Waals surface area contributed by atoms with Gasteiger partial charge in [0.2, 0.25) is 0 Å². The lowest BCUT2D eigenvalue weighted by Gasteiger charge is -2.03. The van der Waals surface area contributed by atoms with Crippen molar-refractivity contribution in [2.45, 2.75) is 0 Å². The van der Waals surface area contributed by atoms with Gasteiger partial charge in [-0.15, -0.1) is 0 Å². The molecular formula is C17H15N3O3. The lowest BCUT2D eigenvalue weighted by Crippen LogP contribution is -2.16. The van der Waals surface area contributed by atoms with Crippen LogP contribution in [-0.4, -0.2) is 23.4 Å². The minimum absolute atomic E-state index is 0.386. The van der Waals surface area contributed by atoms with Crippen molar-refractivity contribution < 1.29 is 14.3 Å². The van der Waals surface area contributed by atoms with Crippen LogP contribution in [0.25, 0.3) is 11.3 Å².